The zero-order valence-corrected chi connectivity index (χ0v) is 23.0. The van der Waals surface area contributed by atoms with E-state index in [2.05, 4.69) is 57.2 Å². The molecule has 1 atom stereocenters. The highest BCUT2D eigenvalue weighted by Gasteiger charge is 2.32. The van der Waals surface area contributed by atoms with Crippen molar-refractivity contribution in [2.24, 2.45) is 11.8 Å². The molecule has 5 rings (SSSR count). The molecule has 194 valence electrons. The van der Waals surface area contributed by atoms with Crippen LogP contribution in [0.25, 0.3) is 10.9 Å². The Hall–Kier alpha value is -1.21. The van der Waals surface area contributed by atoms with Crippen molar-refractivity contribution >= 4 is 21.9 Å². The van der Waals surface area contributed by atoms with E-state index in [1.807, 2.05) is 0 Å². The summed E-state index contributed by atoms with van der Waals surface area (Å²) in [6.07, 6.45) is 12.4. The van der Waals surface area contributed by atoms with Gasteiger partial charge in [0.25, 0.3) is 0 Å². The fourth-order valence-corrected chi connectivity index (χ4v) is 7.49. The first kappa shape index (κ1) is 25.4. The number of para-hydroxylation sites is 1. The first-order valence-electron chi connectivity index (χ1n) is 14.1. The van der Waals surface area contributed by atoms with Crippen molar-refractivity contribution in [3.05, 3.63) is 35.5 Å². The molecule has 0 amide bonds. The summed E-state index contributed by atoms with van der Waals surface area (Å²) in [6, 6.07) is 10.3. The molecule has 0 radical (unpaired) electrons. The third kappa shape index (κ3) is 5.71. The van der Waals surface area contributed by atoms with Gasteiger partial charge in [0.15, 0.2) is 0 Å². The van der Waals surface area contributed by atoms with Gasteiger partial charge in [-0.3, -0.25) is 4.90 Å². The fraction of sp³-hybridized carbons (Fsp3) is 0.724. The van der Waals surface area contributed by atoms with Crippen LogP contribution < -0.4 is 4.72 Å². The average Bonchev–Trinajstić information content (AvgIpc) is 3.49. The van der Waals surface area contributed by atoms with Crippen molar-refractivity contribution in [1.82, 2.24) is 19.1 Å². The van der Waals surface area contributed by atoms with E-state index in [9.17, 15) is 4.21 Å². The highest BCUT2D eigenvalue weighted by atomic mass is 32.2. The van der Waals surface area contributed by atoms with E-state index in [-0.39, 0.29) is 0 Å². The van der Waals surface area contributed by atoms with Crippen LogP contribution in [0.15, 0.2) is 24.3 Å². The largest absolute Gasteiger partial charge is 0.340 e. The molecule has 3 heterocycles. The summed E-state index contributed by atoms with van der Waals surface area (Å²) in [4.78, 5) is 5.41. The zero-order chi connectivity index (χ0) is 24.4. The molecule has 1 aliphatic carbocycles. The van der Waals surface area contributed by atoms with E-state index in [4.69, 9.17) is 0 Å². The van der Waals surface area contributed by atoms with Gasteiger partial charge < -0.3 is 9.47 Å². The molecule has 1 unspecified atom stereocenters. The Morgan fingerprint density at radius 3 is 2.29 bits per heavy atom. The second-order valence-electron chi connectivity index (χ2n) is 11.7. The molecule has 5 nitrogen and oxygen atoms in total. The lowest BCUT2D eigenvalue weighted by Crippen LogP contribution is -2.44. The van der Waals surface area contributed by atoms with Crippen molar-refractivity contribution in [1.29, 1.82) is 0 Å². The first-order chi connectivity index (χ1) is 17.0. The van der Waals surface area contributed by atoms with E-state index in [0.717, 1.165) is 24.4 Å². The van der Waals surface area contributed by atoms with Crippen LogP contribution in [0.5, 0.6) is 0 Å². The summed E-state index contributed by atoms with van der Waals surface area (Å²) in [6.45, 7) is 11.3. The van der Waals surface area contributed by atoms with Gasteiger partial charge in [-0.05, 0) is 87.9 Å². The molecule has 6 heteroatoms. The van der Waals surface area contributed by atoms with Crippen LogP contribution in [0.4, 0.5) is 0 Å². The highest BCUT2D eigenvalue weighted by Crippen LogP contribution is 2.38. The number of benzene rings is 1. The topological polar surface area (TPSA) is 40.5 Å². The normalized spacial score (nSPS) is 26.2. The van der Waals surface area contributed by atoms with Gasteiger partial charge in [0.1, 0.15) is 0 Å². The predicted octanol–water partition coefficient (Wildman–Crippen LogP) is 5.47. The SMILES string of the molecule is CC(C)C1CCC(N2CCC(n3c(CNS(C)=O)c(CN4CCCC4)c4ccccc43)CC2)CC1. The van der Waals surface area contributed by atoms with Crippen LogP contribution in [-0.2, 0) is 24.1 Å². The second-order valence-corrected chi connectivity index (χ2v) is 12.8. The second kappa shape index (κ2) is 11.5. The molecule has 1 N–H and O–H groups in total. The lowest BCUT2D eigenvalue weighted by Gasteiger charge is -2.42. The monoisotopic (exact) mass is 498 g/mol. The molecule has 1 saturated carbocycles. The quantitative estimate of drug-likeness (QED) is 0.525. The van der Waals surface area contributed by atoms with E-state index in [1.165, 1.54) is 99.7 Å². The number of aromatic nitrogens is 1. The molecular weight excluding hydrogens is 452 g/mol. The number of nitrogens with one attached hydrogen (secondary N) is 1. The Morgan fingerprint density at radius 1 is 0.943 bits per heavy atom. The maximum absolute atomic E-state index is 12.0. The Kier molecular flexibility index (Phi) is 8.32. The number of fused-ring (bicyclic) bond motifs is 1. The number of hydrogen-bond acceptors (Lipinski definition) is 3. The number of piperidine rings is 1. The van der Waals surface area contributed by atoms with Crippen molar-refractivity contribution in [2.45, 2.75) is 90.4 Å². The third-order valence-electron chi connectivity index (χ3n) is 9.22. The summed E-state index contributed by atoms with van der Waals surface area (Å²) < 4.78 is 17.9. The summed E-state index contributed by atoms with van der Waals surface area (Å²) >= 11 is 0. The number of hydrogen-bond donors (Lipinski definition) is 1. The van der Waals surface area contributed by atoms with Crippen LogP contribution >= 0.6 is 0 Å². The highest BCUT2D eigenvalue weighted by molar-refractivity contribution is 7.82. The first-order valence-corrected chi connectivity index (χ1v) is 15.7. The lowest BCUT2D eigenvalue weighted by molar-refractivity contribution is 0.0889. The molecule has 1 aromatic carbocycles. The van der Waals surface area contributed by atoms with Crippen LogP contribution in [0.3, 0.4) is 0 Å². The van der Waals surface area contributed by atoms with E-state index in [0.29, 0.717) is 12.6 Å². The minimum atomic E-state index is -1.01. The Bertz CT molecular complexity index is 996. The maximum atomic E-state index is 12.0. The van der Waals surface area contributed by atoms with Gasteiger partial charge in [-0.2, -0.15) is 0 Å². The maximum Gasteiger partial charge on any atom is 0.0887 e. The Balaban J connectivity index is 1.36. The van der Waals surface area contributed by atoms with Crippen molar-refractivity contribution < 1.29 is 4.21 Å². The van der Waals surface area contributed by atoms with Crippen LogP contribution in [0.2, 0.25) is 0 Å². The minimum Gasteiger partial charge on any atom is -0.340 e. The van der Waals surface area contributed by atoms with Crippen LogP contribution in [0, 0.1) is 11.8 Å². The molecule has 1 aromatic heterocycles. The van der Waals surface area contributed by atoms with Gasteiger partial charge in [0.05, 0.1) is 11.0 Å². The van der Waals surface area contributed by atoms with Crippen molar-refractivity contribution in [3.8, 4) is 0 Å². The molecule has 3 aliphatic rings. The molecule has 0 bridgehead atoms. The van der Waals surface area contributed by atoms with E-state index in [1.54, 1.807) is 6.26 Å². The number of rotatable bonds is 8. The molecular formula is C29H46N4OS. The lowest BCUT2D eigenvalue weighted by atomic mass is 9.79. The van der Waals surface area contributed by atoms with Gasteiger partial charge in [-0.25, -0.2) is 8.93 Å². The minimum absolute atomic E-state index is 0.526. The molecule has 2 aromatic rings. The predicted molar refractivity (Wildman–Crippen MR) is 148 cm³/mol. The number of likely N-dealkylation sites (tertiary alicyclic amines) is 2. The third-order valence-corrected chi connectivity index (χ3v) is 9.77. The van der Waals surface area contributed by atoms with E-state index >= 15 is 0 Å². The molecule has 2 saturated heterocycles. The Morgan fingerprint density at radius 2 is 1.63 bits per heavy atom. The van der Waals surface area contributed by atoms with Crippen molar-refractivity contribution in [2.75, 3.05) is 32.4 Å². The van der Waals surface area contributed by atoms with Crippen molar-refractivity contribution in [3.63, 3.8) is 0 Å². The van der Waals surface area contributed by atoms with Gasteiger partial charge in [0.2, 0.25) is 0 Å². The standard InChI is InChI=1S/C29H46N4OS/c1-22(2)23-10-12-24(13-11-23)32-18-14-25(15-19-32)33-28-9-5-4-8-26(28)27(21-31-16-6-7-17-31)29(33)20-30-35(3)34/h4-5,8-9,22-25,30H,6-7,10-21H2,1-3H3. The van der Waals surface area contributed by atoms with E-state index < -0.39 is 11.0 Å². The summed E-state index contributed by atoms with van der Waals surface area (Å²) in [7, 11) is -1.01. The summed E-state index contributed by atoms with van der Waals surface area (Å²) in [5.41, 5.74) is 4.19. The molecule has 3 fully saturated rings. The van der Waals surface area contributed by atoms with Gasteiger partial charge in [-0.15, -0.1) is 0 Å². The summed E-state index contributed by atoms with van der Waals surface area (Å²) in [5.74, 6) is 1.77. The van der Waals surface area contributed by atoms with Crippen LogP contribution in [-0.4, -0.2) is 57.1 Å². The van der Waals surface area contributed by atoms with Gasteiger partial charge in [-0.1, -0.05) is 32.0 Å². The van der Waals surface area contributed by atoms with Gasteiger partial charge in [0, 0.05) is 61.1 Å². The smallest absolute Gasteiger partial charge is 0.0887 e. The molecule has 0 spiro atoms. The number of nitrogens with zero attached hydrogens (tertiary/aromatic N) is 3. The molecule has 2 aliphatic heterocycles. The summed E-state index contributed by atoms with van der Waals surface area (Å²) in [5, 5.41) is 1.40. The van der Waals surface area contributed by atoms with Crippen LogP contribution in [0.1, 0.15) is 82.5 Å². The Labute approximate surface area is 215 Å². The zero-order valence-electron chi connectivity index (χ0n) is 22.2. The van der Waals surface area contributed by atoms with Gasteiger partial charge >= 0.3 is 0 Å². The fourth-order valence-electron chi connectivity index (χ4n) is 7.15. The molecule has 35 heavy (non-hydrogen) atoms. The average molecular weight is 499 g/mol.